The van der Waals surface area contributed by atoms with Crippen molar-refractivity contribution < 1.29 is 8.42 Å². The van der Waals surface area contributed by atoms with Crippen LogP contribution in [-0.2, 0) is 10.0 Å². The second-order valence-electron chi connectivity index (χ2n) is 11.5. The van der Waals surface area contributed by atoms with Gasteiger partial charge in [-0.3, -0.25) is 0 Å². The van der Waals surface area contributed by atoms with Gasteiger partial charge in [-0.25, -0.2) is 12.7 Å². The quantitative estimate of drug-likeness (QED) is 0.184. The second kappa shape index (κ2) is 11.8. The van der Waals surface area contributed by atoms with Crippen molar-refractivity contribution >= 4 is 38.5 Å². The van der Waals surface area contributed by atoms with Crippen molar-refractivity contribution in [3.8, 4) is 33.4 Å². The number of hydrogen-bond acceptors (Lipinski definition) is 3. The van der Waals surface area contributed by atoms with Crippen LogP contribution in [0.4, 0.5) is 28.4 Å². The number of sulfonamides is 1. The predicted octanol–water partition coefficient (Wildman–Crippen LogP) is 11.0. The molecule has 8 rings (SSSR count). The lowest BCUT2D eigenvalue weighted by Crippen LogP contribution is -2.30. The van der Waals surface area contributed by atoms with Crippen LogP contribution >= 0.6 is 0 Å². The van der Waals surface area contributed by atoms with Gasteiger partial charge in [0.1, 0.15) is 0 Å². The molecule has 0 N–H and O–H groups in total. The summed E-state index contributed by atoms with van der Waals surface area (Å²) >= 11 is 0. The highest BCUT2D eigenvalue weighted by Gasteiger charge is 2.36. The van der Waals surface area contributed by atoms with Crippen LogP contribution < -0.4 is 9.21 Å². The molecule has 0 fully saturated rings. The fourth-order valence-corrected chi connectivity index (χ4v) is 8.07. The van der Waals surface area contributed by atoms with E-state index in [1.807, 2.05) is 103 Å². The average Bonchev–Trinajstić information content (AvgIpc) is 3.13. The Balaban J connectivity index is 1.15. The SMILES string of the molecule is O=S1(=O)c2ccccc2-c2cc(-c3ccccc3)ccc2N1c1ccc(-c2ccc(N(c3ccccc3)c3ccccc3)cc2)cc1. The van der Waals surface area contributed by atoms with Crippen LogP contribution in [0.1, 0.15) is 0 Å². The van der Waals surface area contributed by atoms with E-state index in [0.29, 0.717) is 21.8 Å². The van der Waals surface area contributed by atoms with Crippen molar-refractivity contribution in [1.82, 2.24) is 0 Å². The highest BCUT2D eigenvalue weighted by Crippen LogP contribution is 2.48. The molecule has 7 aromatic carbocycles. The number of anilines is 5. The highest BCUT2D eigenvalue weighted by molar-refractivity contribution is 7.93. The van der Waals surface area contributed by atoms with Gasteiger partial charge in [0, 0.05) is 28.2 Å². The average molecular weight is 627 g/mol. The van der Waals surface area contributed by atoms with Gasteiger partial charge in [-0.05, 0) is 89.0 Å². The fourth-order valence-electron chi connectivity index (χ4n) is 6.35. The molecular formula is C42H30N2O2S. The third-order valence-electron chi connectivity index (χ3n) is 8.61. The molecule has 0 atom stereocenters. The van der Waals surface area contributed by atoms with Gasteiger partial charge >= 0.3 is 0 Å². The molecule has 5 heteroatoms. The molecule has 0 bridgehead atoms. The molecule has 4 nitrogen and oxygen atoms in total. The molecule has 0 saturated heterocycles. The maximum absolute atomic E-state index is 14.1. The van der Waals surface area contributed by atoms with Gasteiger partial charge in [-0.1, -0.05) is 115 Å². The van der Waals surface area contributed by atoms with E-state index in [1.54, 1.807) is 12.1 Å². The highest BCUT2D eigenvalue weighted by atomic mass is 32.2. The zero-order valence-electron chi connectivity index (χ0n) is 25.4. The van der Waals surface area contributed by atoms with E-state index in [4.69, 9.17) is 0 Å². The topological polar surface area (TPSA) is 40.6 Å². The molecule has 0 spiro atoms. The smallest absolute Gasteiger partial charge is 0.269 e. The van der Waals surface area contributed by atoms with Gasteiger partial charge in [-0.2, -0.15) is 0 Å². The Bertz CT molecular complexity index is 2250. The van der Waals surface area contributed by atoms with Crippen molar-refractivity contribution in [3.05, 3.63) is 182 Å². The lowest BCUT2D eigenvalue weighted by Gasteiger charge is -2.32. The van der Waals surface area contributed by atoms with Gasteiger partial charge in [0.25, 0.3) is 10.0 Å². The van der Waals surface area contributed by atoms with E-state index < -0.39 is 10.0 Å². The Labute approximate surface area is 275 Å². The van der Waals surface area contributed by atoms with Crippen LogP contribution in [0.2, 0.25) is 0 Å². The van der Waals surface area contributed by atoms with Gasteiger partial charge in [0.2, 0.25) is 0 Å². The number of nitrogens with zero attached hydrogens (tertiary/aromatic N) is 2. The third kappa shape index (κ3) is 5.17. The Morgan fingerprint density at radius 2 is 0.872 bits per heavy atom. The Morgan fingerprint density at radius 1 is 0.404 bits per heavy atom. The summed E-state index contributed by atoms with van der Waals surface area (Å²) in [5.74, 6) is 0. The van der Waals surface area contributed by atoms with Crippen LogP contribution in [0, 0.1) is 0 Å². The zero-order chi connectivity index (χ0) is 31.8. The Hall–Kier alpha value is -5.91. The van der Waals surface area contributed by atoms with E-state index >= 15 is 0 Å². The molecule has 47 heavy (non-hydrogen) atoms. The molecule has 1 aliphatic rings. The van der Waals surface area contributed by atoms with Gasteiger partial charge in [0.15, 0.2) is 0 Å². The number of hydrogen-bond donors (Lipinski definition) is 0. The van der Waals surface area contributed by atoms with E-state index in [2.05, 4.69) is 71.6 Å². The summed E-state index contributed by atoms with van der Waals surface area (Å²) in [5, 5.41) is 0. The molecular weight excluding hydrogens is 597 g/mol. The summed E-state index contributed by atoms with van der Waals surface area (Å²) in [6.07, 6.45) is 0. The van der Waals surface area contributed by atoms with Gasteiger partial charge in [0.05, 0.1) is 16.3 Å². The maximum atomic E-state index is 14.1. The van der Waals surface area contributed by atoms with Crippen molar-refractivity contribution in [2.75, 3.05) is 9.21 Å². The zero-order valence-corrected chi connectivity index (χ0v) is 26.3. The van der Waals surface area contributed by atoms with Crippen molar-refractivity contribution in [2.45, 2.75) is 4.90 Å². The summed E-state index contributed by atoms with van der Waals surface area (Å²) in [6.45, 7) is 0. The standard InChI is InChI=1S/C42H30N2O2S/c45-47(46)42-19-11-10-18-39(42)40-30-34(31-12-4-1-5-13-31)24-29-41(40)44(47)38-27-22-33(23-28-38)32-20-25-37(26-21-32)43(35-14-6-2-7-15-35)36-16-8-3-9-17-36/h1-30H. The van der Waals surface area contributed by atoms with E-state index in [1.165, 1.54) is 4.31 Å². The van der Waals surface area contributed by atoms with Crippen molar-refractivity contribution in [2.24, 2.45) is 0 Å². The largest absolute Gasteiger partial charge is 0.311 e. The summed E-state index contributed by atoms with van der Waals surface area (Å²) in [4.78, 5) is 2.53. The van der Waals surface area contributed by atoms with E-state index in [-0.39, 0.29) is 0 Å². The monoisotopic (exact) mass is 626 g/mol. The first-order valence-corrected chi connectivity index (χ1v) is 17.0. The number of para-hydroxylation sites is 2. The van der Waals surface area contributed by atoms with Crippen molar-refractivity contribution in [3.63, 3.8) is 0 Å². The molecule has 0 amide bonds. The number of rotatable bonds is 6. The molecule has 7 aromatic rings. The first-order chi connectivity index (χ1) is 23.1. The van der Waals surface area contributed by atoms with Crippen molar-refractivity contribution in [1.29, 1.82) is 0 Å². The molecule has 0 aliphatic carbocycles. The Kier molecular flexibility index (Phi) is 7.16. The van der Waals surface area contributed by atoms with Crippen LogP contribution in [0.5, 0.6) is 0 Å². The minimum atomic E-state index is -3.84. The normalized spacial score (nSPS) is 13.0. The molecule has 226 valence electrons. The summed E-state index contributed by atoms with van der Waals surface area (Å²) in [6, 6.07) is 60.3. The molecule has 0 radical (unpaired) electrons. The molecule has 0 aromatic heterocycles. The van der Waals surface area contributed by atoms with E-state index in [0.717, 1.165) is 44.9 Å². The van der Waals surface area contributed by atoms with E-state index in [9.17, 15) is 8.42 Å². The molecule has 0 saturated carbocycles. The molecule has 0 unspecified atom stereocenters. The maximum Gasteiger partial charge on any atom is 0.269 e. The minimum absolute atomic E-state index is 0.304. The first kappa shape index (κ1) is 28.6. The second-order valence-corrected chi connectivity index (χ2v) is 13.2. The molecule has 1 aliphatic heterocycles. The van der Waals surface area contributed by atoms with Gasteiger partial charge in [-0.15, -0.1) is 0 Å². The van der Waals surface area contributed by atoms with Crippen LogP contribution in [-0.4, -0.2) is 8.42 Å². The Morgan fingerprint density at radius 3 is 1.49 bits per heavy atom. The summed E-state index contributed by atoms with van der Waals surface area (Å²) < 4.78 is 29.7. The van der Waals surface area contributed by atoms with Crippen LogP contribution in [0.25, 0.3) is 33.4 Å². The van der Waals surface area contributed by atoms with Crippen LogP contribution in [0.15, 0.2) is 187 Å². The lowest BCUT2D eigenvalue weighted by atomic mass is 9.97. The number of benzene rings is 7. The lowest BCUT2D eigenvalue weighted by molar-refractivity contribution is 0.596. The third-order valence-corrected chi connectivity index (χ3v) is 10.4. The predicted molar refractivity (Wildman–Crippen MR) is 193 cm³/mol. The molecule has 1 heterocycles. The summed E-state index contributed by atoms with van der Waals surface area (Å²) in [5.41, 5.74) is 10.2. The summed E-state index contributed by atoms with van der Waals surface area (Å²) in [7, 11) is -3.84. The first-order valence-electron chi connectivity index (χ1n) is 15.5. The minimum Gasteiger partial charge on any atom is -0.311 e. The van der Waals surface area contributed by atoms with Crippen LogP contribution in [0.3, 0.4) is 0 Å². The fraction of sp³-hybridized carbons (Fsp3) is 0. The van der Waals surface area contributed by atoms with Gasteiger partial charge < -0.3 is 4.90 Å². The number of fused-ring (bicyclic) bond motifs is 3.